The molecule has 0 saturated carbocycles. The molecule has 1 heterocycles. The van der Waals surface area contributed by atoms with E-state index in [1.807, 2.05) is 6.92 Å². The summed E-state index contributed by atoms with van der Waals surface area (Å²) < 4.78 is 43.9. The molecular weight excluding hydrogens is 381 g/mol. The monoisotopic (exact) mass is 400 g/mol. The second kappa shape index (κ2) is 8.90. The Morgan fingerprint density at radius 3 is 2.52 bits per heavy atom. The van der Waals surface area contributed by atoms with E-state index in [0.717, 1.165) is 10.9 Å². The van der Waals surface area contributed by atoms with Crippen molar-refractivity contribution in [1.29, 1.82) is 0 Å². The van der Waals surface area contributed by atoms with Gasteiger partial charge >= 0.3 is 6.18 Å². The molecule has 2 rings (SSSR count). The lowest BCUT2D eigenvalue weighted by atomic mass is 10.2. The number of hydrogen-bond donors (Lipinski definition) is 2. The van der Waals surface area contributed by atoms with Gasteiger partial charge in [0.25, 0.3) is 5.91 Å². The number of aryl methyl sites for hydroxylation is 1. The molecule has 0 bridgehead atoms. The summed E-state index contributed by atoms with van der Waals surface area (Å²) in [6.45, 7) is 3.08. The van der Waals surface area contributed by atoms with Crippen molar-refractivity contribution in [3.8, 4) is 5.75 Å². The number of nitrogens with one attached hydrogen (secondary N) is 2. The maximum absolute atomic E-state index is 12.9. The van der Waals surface area contributed by atoms with Crippen molar-refractivity contribution in [2.24, 2.45) is 0 Å². The van der Waals surface area contributed by atoms with Crippen LogP contribution in [0, 0.1) is 6.92 Å². The summed E-state index contributed by atoms with van der Waals surface area (Å²) in [6, 6.07) is 7.80. The van der Waals surface area contributed by atoms with Gasteiger partial charge in [-0.25, -0.2) is 0 Å². The van der Waals surface area contributed by atoms with E-state index < -0.39 is 23.7 Å². The number of ether oxygens (including phenoxy) is 1. The number of hydrogen-bond acceptors (Lipinski definition) is 4. The minimum atomic E-state index is -4.52. The number of benzene rings is 1. The summed E-state index contributed by atoms with van der Waals surface area (Å²) in [7, 11) is 0. The molecule has 2 amide bonds. The quantitative estimate of drug-likeness (QED) is 0.749. The van der Waals surface area contributed by atoms with Gasteiger partial charge in [-0.3, -0.25) is 9.59 Å². The predicted octanol–water partition coefficient (Wildman–Crippen LogP) is 3.39. The molecule has 0 fully saturated rings. The van der Waals surface area contributed by atoms with Crippen LogP contribution in [0.5, 0.6) is 5.75 Å². The van der Waals surface area contributed by atoms with Gasteiger partial charge in [-0.1, -0.05) is 12.1 Å². The van der Waals surface area contributed by atoms with Crippen LogP contribution in [0.4, 0.5) is 13.2 Å². The first kappa shape index (κ1) is 20.8. The predicted molar refractivity (Wildman–Crippen MR) is 95.9 cm³/mol. The van der Waals surface area contributed by atoms with E-state index in [9.17, 15) is 22.8 Å². The van der Waals surface area contributed by atoms with Crippen molar-refractivity contribution in [2.75, 3.05) is 13.2 Å². The van der Waals surface area contributed by atoms with Gasteiger partial charge in [0.05, 0.1) is 23.0 Å². The highest BCUT2D eigenvalue weighted by Crippen LogP contribution is 2.35. The molecule has 27 heavy (non-hydrogen) atoms. The molecule has 1 aromatic carbocycles. The fourth-order valence-corrected chi connectivity index (χ4v) is 3.00. The standard InChI is InChI=1S/C18H19F3N2O3S/c1-11(10-26-14-6-4-3-5-13(14)18(19,20)21)23-16(24)9-22-17(25)15-8-7-12(2)27-15/h3-8,11H,9-10H2,1-2H3,(H,22,25)(H,23,24). The summed E-state index contributed by atoms with van der Waals surface area (Å²) in [5, 5.41) is 5.05. The van der Waals surface area contributed by atoms with E-state index in [1.165, 1.54) is 29.5 Å². The summed E-state index contributed by atoms with van der Waals surface area (Å²) in [5.41, 5.74) is -0.873. The molecule has 1 unspecified atom stereocenters. The van der Waals surface area contributed by atoms with Crippen molar-refractivity contribution in [2.45, 2.75) is 26.1 Å². The van der Waals surface area contributed by atoms with E-state index in [1.54, 1.807) is 19.1 Å². The first-order valence-electron chi connectivity index (χ1n) is 8.10. The normalized spacial score (nSPS) is 12.3. The summed E-state index contributed by atoms with van der Waals surface area (Å²) in [6.07, 6.45) is -4.52. The van der Waals surface area contributed by atoms with Crippen molar-refractivity contribution < 1.29 is 27.5 Å². The van der Waals surface area contributed by atoms with Gasteiger partial charge in [0, 0.05) is 4.88 Å². The Balaban J connectivity index is 1.79. The van der Waals surface area contributed by atoms with Crippen LogP contribution in [-0.4, -0.2) is 31.0 Å². The molecule has 2 aromatic rings. The molecule has 146 valence electrons. The number of alkyl halides is 3. The summed E-state index contributed by atoms with van der Waals surface area (Å²) in [5.74, 6) is -1.12. The highest BCUT2D eigenvalue weighted by atomic mass is 32.1. The minimum Gasteiger partial charge on any atom is -0.491 e. The second-order valence-electron chi connectivity index (χ2n) is 5.87. The molecule has 0 radical (unpaired) electrons. The Kier molecular flexibility index (Phi) is 6.84. The van der Waals surface area contributed by atoms with Crippen LogP contribution in [-0.2, 0) is 11.0 Å². The molecule has 5 nitrogen and oxygen atoms in total. The topological polar surface area (TPSA) is 67.4 Å². The van der Waals surface area contributed by atoms with Gasteiger partial charge in [0.1, 0.15) is 12.4 Å². The third kappa shape index (κ3) is 6.28. The third-order valence-electron chi connectivity index (χ3n) is 3.46. The molecule has 1 atom stereocenters. The van der Waals surface area contributed by atoms with Gasteiger partial charge in [0.15, 0.2) is 0 Å². The van der Waals surface area contributed by atoms with Crippen LogP contribution >= 0.6 is 11.3 Å². The zero-order valence-electron chi connectivity index (χ0n) is 14.7. The van der Waals surface area contributed by atoms with Gasteiger partial charge in [0.2, 0.25) is 5.91 Å². The molecule has 9 heteroatoms. The van der Waals surface area contributed by atoms with Gasteiger partial charge in [-0.2, -0.15) is 13.2 Å². The van der Waals surface area contributed by atoms with Crippen LogP contribution in [0.15, 0.2) is 36.4 Å². The number of amides is 2. The van der Waals surface area contributed by atoms with Crippen molar-refractivity contribution in [3.63, 3.8) is 0 Å². The van der Waals surface area contributed by atoms with Crippen LogP contribution in [0.2, 0.25) is 0 Å². The molecule has 0 aliphatic carbocycles. The summed E-state index contributed by atoms with van der Waals surface area (Å²) in [4.78, 5) is 25.2. The minimum absolute atomic E-state index is 0.142. The zero-order valence-corrected chi connectivity index (χ0v) is 15.5. The Labute approximate surface area is 158 Å². The molecule has 0 saturated heterocycles. The third-order valence-corrected chi connectivity index (χ3v) is 4.46. The lowest BCUT2D eigenvalue weighted by Gasteiger charge is -2.18. The molecule has 0 spiro atoms. The van der Waals surface area contributed by atoms with Crippen LogP contribution in [0.25, 0.3) is 0 Å². The summed E-state index contributed by atoms with van der Waals surface area (Å²) >= 11 is 1.31. The van der Waals surface area contributed by atoms with E-state index in [4.69, 9.17) is 4.74 Å². The van der Waals surface area contributed by atoms with Crippen molar-refractivity contribution in [3.05, 3.63) is 51.7 Å². The lowest BCUT2D eigenvalue weighted by Crippen LogP contribution is -2.43. The average molecular weight is 400 g/mol. The van der Waals surface area contributed by atoms with E-state index >= 15 is 0 Å². The Hall–Kier alpha value is -2.55. The van der Waals surface area contributed by atoms with E-state index in [-0.39, 0.29) is 24.8 Å². The first-order valence-corrected chi connectivity index (χ1v) is 8.91. The molecule has 0 aliphatic heterocycles. The second-order valence-corrected chi connectivity index (χ2v) is 7.15. The Bertz CT molecular complexity index is 805. The molecule has 2 N–H and O–H groups in total. The van der Waals surface area contributed by atoms with Crippen molar-refractivity contribution >= 4 is 23.2 Å². The highest BCUT2D eigenvalue weighted by molar-refractivity contribution is 7.13. The fraction of sp³-hybridized carbons (Fsp3) is 0.333. The SMILES string of the molecule is Cc1ccc(C(=O)NCC(=O)NC(C)COc2ccccc2C(F)(F)F)s1. The number of carbonyl (C=O) groups excluding carboxylic acids is 2. The molecule has 0 aliphatic rings. The number of para-hydroxylation sites is 1. The van der Waals surface area contributed by atoms with Gasteiger partial charge in [-0.05, 0) is 38.1 Å². The van der Waals surface area contributed by atoms with E-state index in [0.29, 0.717) is 4.88 Å². The lowest BCUT2D eigenvalue weighted by molar-refractivity contribution is -0.139. The zero-order chi connectivity index (χ0) is 20.0. The fourth-order valence-electron chi connectivity index (χ4n) is 2.21. The van der Waals surface area contributed by atoms with Crippen LogP contribution in [0.3, 0.4) is 0 Å². The number of carbonyl (C=O) groups is 2. The van der Waals surface area contributed by atoms with Gasteiger partial charge in [-0.15, -0.1) is 11.3 Å². The largest absolute Gasteiger partial charge is 0.491 e. The number of rotatable bonds is 7. The maximum atomic E-state index is 12.9. The van der Waals surface area contributed by atoms with Crippen molar-refractivity contribution in [1.82, 2.24) is 10.6 Å². The average Bonchev–Trinajstić information content (AvgIpc) is 3.04. The number of halogens is 3. The van der Waals surface area contributed by atoms with Crippen LogP contribution < -0.4 is 15.4 Å². The smallest absolute Gasteiger partial charge is 0.419 e. The molecular formula is C18H19F3N2O3S. The highest BCUT2D eigenvalue weighted by Gasteiger charge is 2.34. The number of thiophene rings is 1. The van der Waals surface area contributed by atoms with E-state index in [2.05, 4.69) is 10.6 Å². The molecule has 1 aromatic heterocycles. The van der Waals surface area contributed by atoms with Gasteiger partial charge < -0.3 is 15.4 Å². The Morgan fingerprint density at radius 2 is 1.89 bits per heavy atom. The first-order chi connectivity index (χ1) is 12.7. The Morgan fingerprint density at radius 1 is 1.19 bits per heavy atom. The maximum Gasteiger partial charge on any atom is 0.419 e. The van der Waals surface area contributed by atoms with Crippen LogP contribution in [0.1, 0.15) is 27.0 Å².